The molecule has 7 heteroatoms. The molecular weight excluding hydrogens is 274 g/mol. The number of nitro groups is 1. The minimum atomic E-state index is -0.488. The van der Waals surface area contributed by atoms with Crippen molar-refractivity contribution in [1.82, 2.24) is 4.90 Å². The van der Waals surface area contributed by atoms with E-state index in [1.54, 1.807) is 13.8 Å². The number of hydrogen-bond donors (Lipinski definition) is 2. The average Bonchev–Trinajstić information content (AvgIpc) is 2.44. The second-order valence-corrected chi connectivity index (χ2v) is 5.09. The number of aliphatic hydroxyl groups is 1. The van der Waals surface area contributed by atoms with Crippen molar-refractivity contribution in [1.29, 1.82) is 0 Å². The molecule has 0 heterocycles. The molecule has 0 fully saturated rings. The third-order valence-corrected chi connectivity index (χ3v) is 3.29. The van der Waals surface area contributed by atoms with Crippen LogP contribution in [0.2, 0.25) is 0 Å². The summed E-state index contributed by atoms with van der Waals surface area (Å²) in [7, 11) is 1.81. The van der Waals surface area contributed by atoms with E-state index in [0.29, 0.717) is 18.7 Å². The molecule has 0 aliphatic heterocycles. The molecule has 0 aliphatic carbocycles. The molecule has 116 valence electrons. The monoisotopic (exact) mass is 295 g/mol. The summed E-state index contributed by atoms with van der Waals surface area (Å²) < 4.78 is 0. The Balaban J connectivity index is 2.57. The van der Waals surface area contributed by atoms with E-state index in [0.717, 1.165) is 0 Å². The molecule has 1 amide bonds. The summed E-state index contributed by atoms with van der Waals surface area (Å²) in [6.07, 6.45) is 0.184. The van der Waals surface area contributed by atoms with Crippen LogP contribution in [-0.4, -0.2) is 46.6 Å². The summed E-state index contributed by atoms with van der Waals surface area (Å²) in [6, 6.07) is 5.32. The van der Waals surface area contributed by atoms with Gasteiger partial charge in [0.1, 0.15) is 0 Å². The molecule has 1 aromatic carbocycles. The van der Waals surface area contributed by atoms with E-state index in [9.17, 15) is 20.0 Å². The Morgan fingerprint density at radius 1 is 1.38 bits per heavy atom. The highest BCUT2D eigenvalue weighted by Gasteiger charge is 2.18. The van der Waals surface area contributed by atoms with Gasteiger partial charge in [-0.15, -0.1) is 0 Å². The van der Waals surface area contributed by atoms with E-state index in [-0.39, 0.29) is 17.6 Å². The average molecular weight is 295 g/mol. The molecule has 0 aromatic heterocycles. The van der Waals surface area contributed by atoms with Gasteiger partial charge in [-0.1, -0.05) is 0 Å². The number of carbonyl (C=O) groups is 1. The van der Waals surface area contributed by atoms with Gasteiger partial charge in [0.15, 0.2) is 0 Å². The Kier molecular flexibility index (Phi) is 6.26. The highest BCUT2D eigenvalue weighted by molar-refractivity contribution is 5.94. The van der Waals surface area contributed by atoms with Gasteiger partial charge in [-0.25, -0.2) is 0 Å². The third-order valence-electron chi connectivity index (χ3n) is 3.29. The lowest BCUT2D eigenvalue weighted by Crippen LogP contribution is -2.40. The van der Waals surface area contributed by atoms with Crippen LogP contribution >= 0.6 is 0 Å². The zero-order valence-corrected chi connectivity index (χ0v) is 12.4. The lowest BCUT2D eigenvalue weighted by atomic mass is 10.2. The molecular formula is C14H21N3O4. The van der Waals surface area contributed by atoms with Gasteiger partial charge >= 0.3 is 0 Å². The minimum Gasteiger partial charge on any atom is -0.393 e. The van der Waals surface area contributed by atoms with Crippen LogP contribution in [0.3, 0.4) is 0 Å². The summed E-state index contributed by atoms with van der Waals surface area (Å²) in [5.41, 5.74) is 0.497. The molecule has 0 saturated heterocycles. The molecule has 1 rings (SSSR count). The number of hydrogen-bond acceptors (Lipinski definition) is 5. The summed E-state index contributed by atoms with van der Waals surface area (Å²) in [6.45, 7) is 4.07. The smallest absolute Gasteiger partial charge is 0.269 e. The van der Waals surface area contributed by atoms with Crippen LogP contribution in [0.15, 0.2) is 24.3 Å². The summed E-state index contributed by atoms with van der Waals surface area (Å²) in [4.78, 5) is 24.0. The van der Waals surface area contributed by atoms with E-state index >= 15 is 0 Å². The van der Waals surface area contributed by atoms with Crippen LogP contribution in [-0.2, 0) is 4.79 Å². The highest BCUT2D eigenvalue weighted by atomic mass is 16.6. The van der Waals surface area contributed by atoms with E-state index in [4.69, 9.17) is 0 Å². The summed E-state index contributed by atoms with van der Waals surface area (Å²) in [5.74, 6) is -0.197. The van der Waals surface area contributed by atoms with Crippen molar-refractivity contribution >= 4 is 17.3 Å². The summed E-state index contributed by atoms with van der Waals surface area (Å²) in [5, 5.41) is 22.5. The van der Waals surface area contributed by atoms with E-state index in [1.807, 2.05) is 11.9 Å². The first-order valence-corrected chi connectivity index (χ1v) is 6.75. The molecule has 21 heavy (non-hydrogen) atoms. The lowest BCUT2D eigenvalue weighted by molar-refractivity contribution is -0.384. The number of nitrogens with zero attached hydrogens (tertiary/aromatic N) is 2. The Labute approximate surface area is 123 Å². The maximum absolute atomic E-state index is 12.1. The summed E-state index contributed by atoms with van der Waals surface area (Å²) >= 11 is 0. The van der Waals surface area contributed by atoms with Crippen LogP contribution in [0.25, 0.3) is 0 Å². The van der Waals surface area contributed by atoms with Crippen molar-refractivity contribution in [3.8, 4) is 0 Å². The number of carbonyl (C=O) groups excluding carboxylic acids is 1. The predicted octanol–water partition coefficient (Wildman–Crippen LogP) is 1.62. The number of nitrogens with one attached hydrogen (secondary N) is 1. The number of rotatable bonds is 7. The molecule has 1 aromatic rings. The van der Waals surface area contributed by atoms with Crippen molar-refractivity contribution < 1.29 is 14.8 Å². The first-order chi connectivity index (χ1) is 9.81. The fourth-order valence-electron chi connectivity index (χ4n) is 1.70. The van der Waals surface area contributed by atoms with Crippen molar-refractivity contribution in [3.05, 3.63) is 34.4 Å². The maximum atomic E-state index is 12.1. The predicted molar refractivity (Wildman–Crippen MR) is 80.1 cm³/mol. The molecule has 2 atom stereocenters. The molecule has 0 aliphatic rings. The molecule has 2 N–H and O–H groups in total. The van der Waals surface area contributed by atoms with Crippen LogP contribution in [0.4, 0.5) is 11.4 Å². The zero-order valence-electron chi connectivity index (χ0n) is 12.4. The second-order valence-electron chi connectivity index (χ2n) is 5.09. The fourth-order valence-corrected chi connectivity index (χ4v) is 1.70. The number of anilines is 1. The van der Waals surface area contributed by atoms with Gasteiger partial charge < -0.3 is 10.4 Å². The topological polar surface area (TPSA) is 95.7 Å². The third kappa shape index (κ3) is 5.49. The van der Waals surface area contributed by atoms with Gasteiger partial charge in [-0.2, -0.15) is 0 Å². The number of non-ortho nitro benzene ring substituents is 1. The molecule has 7 nitrogen and oxygen atoms in total. The number of likely N-dealkylation sites (N-methyl/N-ethyl adjacent to an activating group) is 1. The van der Waals surface area contributed by atoms with Crippen LogP contribution in [0, 0.1) is 10.1 Å². The van der Waals surface area contributed by atoms with Gasteiger partial charge in [0.25, 0.3) is 5.69 Å². The van der Waals surface area contributed by atoms with Gasteiger partial charge in [0, 0.05) is 24.4 Å². The number of nitro benzene ring substituents is 1. The second kappa shape index (κ2) is 7.70. The molecule has 0 bridgehead atoms. The number of aliphatic hydroxyl groups excluding tert-OH is 1. The van der Waals surface area contributed by atoms with Gasteiger partial charge in [0.2, 0.25) is 5.91 Å². The Morgan fingerprint density at radius 3 is 2.43 bits per heavy atom. The molecule has 2 unspecified atom stereocenters. The van der Waals surface area contributed by atoms with Crippen LogP contribution < -0.4 is 5.32 Å². The maximum Gasteiger partial charge on any atom is 0.269 e. The quantitative estimate of drug-likeness (QED) is 0.588. The molecule has 0 spiro atoms. The van der Waals surface area contributed by atoms with Gasteiger partial charge in [0.05, 0.1) is 17.1 Å². The van der Waals surface area contributed by atoms with E-state index < -0.39 is 11.0 Å². The minimum absolute atomic E-state index is 0.0184. The van der Waals surface area contributed by atoms with Crippen molar-refractivity contribution in [2.75, 3.05) is 18.9 Å². The largest absolute Gasteiger partial charge is 0.393 e. The Bertz CT molecular complexity index is 487. The Hall–Kier alpha value is -1.99. The van der Waals surface area contributed by atoms with E-state index in [2.05, 4.69) is 5.32 Å². The molecule has 0 radical (unpaired) electrons. The Morgan fingerprint density at radius 2 is 1.95 bits per heavy atom. The molecule has 0 saturated carbocycles. The van der Waals surface area contributed by atoms with Gasteiger partial charge in [-0.3, -0.25) is 19.8 Å². The van der Waals surface area contributed by atoms with E-state index in [1.165, 1.54) is 24.3 Å². The first kappa shape index (κ1) is 17.1. The fraction of sp³-hybridized carbons (Fsp3) is 0.500. The zero-order chi connectivity index (χ0) is 16.0. The SMILES string of the molecule is CC(O)CCN(C)C(C)C(=O)Nc1ccc([N+](=O)[O-])cc1. The van der Waals surface area contributed by atoms with Crippen LogP contribution in [0.5, 0.6) is 0 Å². The number of amides is 1. The van der Waals surface area contributed by atoms with Crippen molar-refractivity contribution in [2.45, 2.75) is 32.4 Å². The van der Waals surface area contributed by atoms with Gasteiger partial charge in [-0.05, 0) is 39.4 Å². The van der Waals surface area contributed by atoms with Crippen molar-refractivity contribution in [3.63, 3.8) is 0 Å². The number of benzene rings is 1. The highest BCUT2D eigenvalue weighted by Crippen LogP contribution is 2.16. The lowest BCUT2D eigenvalue weighted by Gasteiger charge is -2.24. The first-order valence-electron chi connectivity index (χ1n) is 6.75. The van der Waals surface area contributed by atoms with Crippen LogP contribution in [0.1, 0.15) is 20.3 Å². The normalized spacial score (nSPS) is 13.8. The van der Waals surface area contributed by atoms with Crippen molar-refractivity contribution in [2.24, 2.45) is 0 Å². The standard InChI is InChI=1S/C14H21N3O4/c1-10(18)8-9-16(3)11(2)14(19)15-12-4-6-13(7-5-12)17(20)21/h4-7,10-11,18H,8-9H2,1-3H3,(H,15,19).